The summed E-state index contributed by atoms with van der Waals surface area (Å²) in [6.45, 7) is 1.98. The molecule has 0 unspecified atom stereocenters. The summed E-state index contributed by atoms with van der Waals surface area (Å²) in [6.07, 6.45) is 3.59. The van der Waals surface area contributed by atoms with Gasteiger partial charge < -0.3 is 16.4 Å². The Labute approximate surface area is 90.1 Å². The van der Waals surface area contributed by atoms with Crippen molar-refractivity contribution in [2.24, 2.45) is 10.7 Å². The molecule has 0 bridgehead atoms. The molecule has 0 aromatic heterocycles. The minimum atomic E-state index is 0.291. The summed E-state index contributed by atoms with van der Waals surface area (Å²) in [5, 5.41) is 14.7. The molecule has 0 spiro atoms. The van der Waals surface area contributed by atoms with Gasteiger partial charge in [-0.05, 0) is 25.9 Å². The van der Waals surface area contributed by atoms with Gasteiger partial charge in [-0.2, -0.15) is 5.26 Å². The topological polar surface area (TPSA) is 86.2 Å². The van der Waals surface area contributed by atoms with Crippen molar-refractivity contribution in [1.82, 2.24) is 10.6 Å². The maximum atomic E-state index is 8.68. The largest absolute Gasteiger partial charge is 0.384 e. The van der Waals surface area contributed by atoms with E-state index in [1.807, 2.05) is 6.07 Å². The van der Waals surface area contributed by atoms with E-state index in [0.29, 0.717) is 17.6 Å². The number of allylic oxidation sites excluding steroid dienone is 1. The SMILES string of the molecule is CN/C(C#N)=C\C(N)=NC1CCNCC1. The lowest BCUT2D eigenvalue weighted by molar-refractivity contribution is 0.460. The molecule has 1 saturated heterocycles. The van der Waals surface area contributed by atoms with Crippen molar-refractivity contribution >= 4 is 5.84 Å². The summed E-state index contributed by atoms with van der Waals surface area (Å²) in [5.74, 6) is 0.424. The van der Waals surface area contributed by atoms with E-state index in [1.54, 1.807) is 13.1 Å². The van der Waals surface area contributed by atoms with Crippen LogP contribution in [0.5, 0.6) is 0 Å². The summed E-state index contributed by atoms with van der Waals surface area (Å²) in [5.41, 5.74) is 6.15. The normalized spacial score (nSPS) is 19.7. The quantitative estimate of drug-likeness (QED) is 0.337. The van der Waals surface area contributed by atoms with Crippen LogP contribution in [0.3, 0.4) is 0 Å². The van der Waals surface area contributed by atoms with Gasteiger partial charge in [-0.25, -0.2) is 0 Å². The first-order valence-electron chi connectivity index (χ1n) is 5.10. The van der Waals surface area contributed by atoms with Crippen molar-refractivity contribution in [1.29, 1.82) is 5.26 Å². The molecular weight excluding hydrogens is 190 g/mol. The van der Waals surface area contributed by atoms with Gasteiger partial charge in [-0.1, -0.05) is 0 Å². The average Bonchev–Trinajstić information content (AvgIpc) is 2.27. The lowest BCUT2D eigenvalue weighted by Crippen LogP contribution is -2.31. The van der Waals surface area contributed by atoms with E-state index in [2.05, 4.69) is 15.6 Å². The molecule has 0 aromatic carbocycles. The number of hydrogen-bond donors (Lipinski definition) is 3. The van der Waals surface area contributed by atoms with Gasteiger partial charge in [0.15, 0.2) is 0 Å². The lowest BCUT2D eigenvalue weighted by atomic mass is 10.1. The van der Waals surface area contributed by atoms with Crippen molar-refractivity contribution < 1.29 is 0 Å². The molecule has 0 aromatic rings. The van der Waals surface area contributed by atoms with Crippen LogP contribution in [-0.4, -0.2) is 32.0 Å². The maximum absolute atomic E-state index is 8.68. The summed E-state index contributed by atoms with van der Waals surface area (Å²) in [6, 6.07) is 2.29. The molecule has 0 aliphatic carbocycles. The molecule has 1 fully saturated rings. The summed E-state index contributed by atoms with van der Waals surface area (Å²) in [4.78, 5) is 4.36. The standard InChI is InChI=1S/C10H17N5/c1-13-9(7-11)6-10(12)15-8-2-4-14-5-3-8/h6,8,13-14H,2-5H2,1H3,(H2,12,15)/b9-6-. The Hall–Kier alpha value is -1.54. The number of hydrogen-bond acceptors (Lipinski definition) is 4. The minimum absolute atomic E-state index is 0.291. The Morgan fingerprint density at radius 1 is 1.60 bits per heavy atom. The van der Waals surface area contributed by atoms with E-state index in [-0.39, 0.29) is 0 Å². The number of rotatable bonds is 3. The molecule has 1 heterocycles. The molecule has 82 valence electrons. The van der Waals surface area contributed by atoms with Gasteiger partial charge in [0.1, 0.15) is 17.6 Å². The van der Waals surface area contributed by atoms with Gasteiger partial charge in [0.25, 0.3) is 0 Å². The first kappa shape index (κ1) is 11.5. The van der Waals surface area contributed by atoms with E-state index >= 15 is 0 Å². The van der Waals surface area contributed by atoms with Crippen molar-refractivity contribution in [3.05, 3.63) is 11.8 Å². The molecule has 1 rings (SSSR count). The molecule has 0 amide bonds. The molecule has 0 radical (unpaired) electrons. The molecule has 1 aliphatic rings. The number of nitriles is 1. The van der Waals surface area contributed by atoms with Crippen LogP contribution in [0.15, 0.2) is 16.8 Å². The van der Waals surface area contributed by atoms with E-state index in [4.69, 9.17) is 11.0 Å². The third-order valence-electron chi connectivity index (χ3n) is 2.32. The predicted octanol–water partition coefficient (Wildman–Crippen LogP) is -0.278. The fourth-order valence-electron chi connectivity index (χ4n) is 1.49. The summed E-state index contributed by atoms with van der Waals surface area (Å²) in [7, 11) is 1.69. The monoisotopic (exact) mass is 207 g/mol. The van der Waals surface area contributed by atoms with Gasteiger partial charge in [0, 0.05) is 13.1 Å². The first-order valence-corrected chi connectivity index (χ1v) is 5.10. The van der Waals surface area contributed by atoms with Crippen LogP contribution in [0.4, 0.5) is 0 Å². The van der Waals surface area contributed by atoms with Crippen LogP contribution in [0, 0.1) is 11.3 Å². The maximum Gasteiger partial charge on any atom is 0.121 e. The Morgan fingerprint density at radius 3 is 2.80 bits per heavy atom. The molecule has 0 saturated carbocycles. The Balaban J connectivity index is 2.58. The summed E-state index contributed by atoms with van der Waals surface area (Å²) < 4.78 is 0. The Kier molecular flexibility index (Phi) is 4.64. The highest BCUT2D eigenvalue weighted by Crippen LogP contribution is 2.06. The highest BCUT2D eigenvalue weighted by atomic mass is 14.9. The molecule has 15 heavy (non-hydrogen) atoms. The Morgan fingerprint density at radius 2 is 2.27 bits per heavy atom. The smallest absolute Gasteiger partial charge is 0.121 e. The zero-order chi connectivity index (χ0) is 11.1. The summed E-state index contributed by atoms with van der Waals surface area (Å²) >= 11 is 0. The van der Waals surface area contributed by atoms with E-state index < -0.39 is 0 Å². The first-order chi connectivity index (χ1) is 7.26. The van der Waals surface area contributed by atoms with Gasteiger partial charge >= 0.3 is 0 Å². The van der Waals surface area contributed by atoms with Crippen LogP contribution in [0.1, 0.15) is 12.8 Å². The zero-order valence-electron chi connectivity index (χ0n) is 8.95. The van der Waals surface area contributed by atoms with Gasteiger partial charge in [0.2, 0.25) is 0 Å². The van der Waals surface area contributed by atoms with Crippen molar-refractivity contribution in [2.75, 3.05) is 20.1 Å². The molecule has 5 nitrogen and oxygen atoms in total. The highest BCUT2D eigenvalue weighted by molar-refractivity contribution is 5.92. The van der Waals surface area contributed by atoms with Crippen LogP contribution in [0.25, 0.3) is 0 Å². The van der Waals surface area contributed by atoms with Crippen molar-refractivity contribution in [3.63, 3.8) is 0 Å². The van der Waals surface area contributed by atoms with Crippen LogP contribution in [0.2, 0.25) is 0 Å². The third kappa shape index (κ3) is 4.00. The minimum Gasteiger partial charge on any atom is -0.384 e. The fourth-order valence-corrected chi connectivity index (χ4v) is 1.49. The van der Waals surface area contributed by atoms with Gasteiger partial charge in [-0.15, -0.1) is 0 Å². The van der Waals surface area contributed by atoms with Gasteiger partial charge in [0.05, 0.1) is 6.04 Å². The second-order valence-corrected chi connectivity index (χ2v) is 3.45. The number of nitrogens with zero attached hydrogens (tertiary/aromatic N) is 2. The number of nitrogens with one attached hydrogen (secondary N) is 2. The second kappa shape index (κ2) is 6.04. The number of piperidine rings is 1. The van der Waals surface area contributed by atoms with E-state index in [0.717, 1.165) is 25.9 Å². The zero-order valence-corrected chi connectivity index (χ0v) is 8.95. The third-order valence-corrected chi connectivity index (χ3v) is 2.32. The molecular formula is C10H17N5. The van der Waals surface area contributed by atoms with E-state index in [9.17, 15) is 0 Å². The average molecular weight is 207 g/mol. The van der Waals surface area contributed by atoms with Crippen molar-refractivity contribution in [2.45, 2.75) is 18.9 Å². The highest BCUT2D eigenvalue weighted by Gasteiger charge is 2.11. The molecule has 5 heteroatoms. The number of nitrogens with two attached hydrogens (primary N) is 1. The molecule has 4 N–H and O–H groups in total. The Bertz CT molecular complexity index is 293. The number of amidine groups is 1. The lowest BCUT2D eigenvalue weighted by Gasteiger charge is -2.19. The van der Waals surface area contributed by atoms with E-state index in [1.165, 1.54) is 0 Å². The fraction of sp³-hybridized carbons (Fsp3) is 0.600. The van der Waals surface area contributed by atoms with Crippen LogP contribution in [-0.2, 0) is 0 Å². The molecule has 1 aliphatic heterocycles. The second-order valence-electron chi connectivity index (χ2n) is 3.45. The predicted molar refractivity (Wildman–Crippen MR) is 60.3 cm³/mol. The number of aliphatic imine (C=N–C) groups is 1. The molecule has 0 atom stereocenters. The van der Waals surface area contributed by atoms with Crippen LogP contribution < -0.4 is 16.4 Å². The van der Waals surface area contributed by atoms with Gasteiger partial charge in [-0.3, -0.25) is 4.99 Å². The van der Waals surface area contributed by atoms with Crippen LogP contribution >= 0.6 is 0 Å². The van der Waals surface area contributed by atoms with Crippen molar-refractivity contribution in [3.8, 4) is 6.07 Å².